The normalized spacial score (nSPS) is 21.7. The summed E-state index contributed by atoms with van der Waals surface area (Å²) < 4.78 is 39.5. The lowest BCUT2D eigenvalue weighted by Gasteiger charge is -2.43. The molecule has 14 nitrogen and oxygen atoms in total. The highest BCUT2D eigenvalue weighted by Crippen LogP contribution is 2.42. The average molecular weight is 710 g/mol. The molecular formula is C34H48NO13P. The van der Waals surface area contributed by atoms with Crippen LogP contribution in [0.3, 0.4) is 0 Å². The number of aromatic hydroxyl groups is 1. The molecule has 272 valence electrons. The minimum absolute atomic E-state index is 0.0274. The summed E-state index contributed by atoms with van der Waals surface area (Å²) in [6.07, 6.45) is 2.89. The van der Waals surface area contributed by atoms with Crippen molar-refractivity contribution in [3.05, 3.63) is 71.8 Å². The number of ether oxygens (including phenoxy) is 4. The summed E-state index contributed by atoms with van der Waals surface area (Å²) in [7, 11) is -5.30. The van der Waals surface area contributed by atoms with Crippen LogP contribution in [0.4, 0.5) is 0 Å². The van der Waals surface area contributed by atoms with Crippen LogP contribution in [-0.2, 0) is 28.1 Å². The second kappa shape index (κ2) is 20.4. The van der Waals surface area contributed by atoms with E-state index in [-0.39, 0.29) is 23.6 Å². The first-order chi connectivity index (χ1) is 23.4. The summed E-state index contributed by atoms with van der Waals surface area (Å²) in [5, 5.41) is 30.7. The highest BCUT2D eigenvalue weighted by Gasteiger charge is 2.52. The molecule has 1 heterocycles. The number of unbranched alkanes of at least 4 members (excludes halogenated alkanes) is 8. The summed E-state index contributed by atoms with van der Waals surface area (Å²) in [4.78, 5) is 44.9. The molecule has 1 aliphatic rings. The Labute approximate surface area is 286 Å². The fraction of sp³-hybridized carbons (Fsp3) is 0.529. The molecule has 3 rings (SSSR count). The average Bonchev–Trinajstić information content (AvgIpc) is 3.07. The van der Waals surface area contributed by atoms with E-state index in [2.05, 4.69) is 6.92 Å². The fourth-order valence-corrected chi connectivity index (χ4v) is 5.72. The molecule has 0 aliphatic carbocycles. The second-order valence-electron chi connectivity index (χ2n) is 11.7. The molecule has 0 radical (unpaired) electrons. The number of nitrogens with two attached hydrogens (primary N) is 1. The third kappa shape index (κ3) is 13.8. The smallest absolute Gasteiger partial charge is 0.470 e. The molecule has 0 amide bonds. The van der Waals surface area contributed by atoms with Gasteiger partial charge in [-0.1, -0.05) is 70.1 Å². The van der Waals surface area contributed by atoms with Gasteiger partial charge in [0, 0.05) is 12.6 Å². The van der Waals surface area contributed by atoms with E-state index in [0.29, 0.717) is 12.0 Å². The monoisotopic (exact) mass is 709 g/mol. The van der Waals surface area contributed by atoms with E-state index in [1.54, 1.807) is 6.08 Å². The molecule has 1 saturated heterocycles. The molecule has 0 saturated carbocycles. The summed E-state index contributed by atoms with van der Waals surface area (Å²) >= 11 is 0. The van der Waals surface area contributed by atoms with Gasteiger partial charge in [0.05, 0.1) is 11.7 Å². The quantitative estimate of drug-likeness (QED) is 0.0491. The number of aliphatic hydroxyl groups is 2. The Kier molecular flexibility index (Phi) is 16.7. The van der Waals surface area contributed by atoms with Crippen LogP contribution in [0.15, 0.2) is 60.7 Å². The predicted molar refractivity (Wildman–Crippen MR) is 177 cm³/mol. The molecule has 15 heteroatoms. The van der Waals surface area contributed by atoms with Gasteiger partial charge in [-0.25, -0.2) is 14.2 Å². The van der Waals surface area contributed by atoms with Crippen LogP contribution in [-0.4, -0.2) is 80.9 Å². The summed E-state index contributed by atoms with van der Waals surface area (Å²) in [5.74, 6) is -1.68. The highest BCUT2D eigenvalue weighted by molar-refractivity contribution is 7.46. The van der Waals surface area contributed by atoms with Crippen LogP contribution < -0.4 is 10.5 Å². The van der Waals surface area contributed by atoms with E-state index < -0.39 is 63.2 Å². The van der Waals surface area contributed by atoms with Gasteiger partial charge in [0.2, 0.25) is 6.29 Å². The lowest BCUT2D eigenvalue weighted by molar-refractivity contribution is -0.278. The van der Waals surface area contributed by atoms with Crippen LogP contribution in [0.5, 0.6) is 11.5 Å². The van der Waals surface area contributed by atoms with Crippen molar-refractivity contribution >= 4 is 19.8 Å². The molecule has 1 aliphatic heterocycles. The van der Waals surface area contributed by atoms with Gasteiger partial charge in [-0.2, -0.15) is 0 Å². The zero-order valence-corrected chi connectivity index (χ0v) is 28.4. The molecule has 1 fully saturated rings. The van der Waals surface area contributed by atoms with Crippen molar-refractivity contribution in [2.45, 2.75) is 102 Å². The SMILES string of the molecule is CCCCCCCCCC/C=C/C(=O)OC1C(Oc2ccc(C(O)CN)cc2)OC(COC(=O)c2ccc(O)cc2)C(O)C1OP(=O)(O)O. The maximum absolute atomic E-state index is 12.9. The molecule has 49 heavy (non-hydrogen) atoms. The molecule has 6 unspecified atom stereocenters. The summed E-state index contributed by atoms with van der Waals surface area (Å²) in [6.45, 7) is 1.52. The summed E-state index contributed by atoms with van der Waals surface area (Å²) in [6, 6.07) is 11.1. The Morgan fingerprint density at radius 2 is 1.59 bits per heavy atom. The van der Waals surface area contributed by atoms with Crippen molar-refractivity contribution in [1.82, 2.24) is 0 Å². The van der Waals surface area contributed by atoms with Gasteiger partial charge in [0.25, 0.3) is 0 Å². The topological polar surface area (TPSA) is 225 Å². The lowest BCUT2D eigenvalue weighted by atomic mass is 9.99. The van der Waals surface area contributed by atoms with E-state index in [0.717, 1.165) is 25.7 Å². The molecule has 0 spiro atoms. The van der Waals surface area contributed by atoms with Crippen LogP contribution in [0.1, 0.15) is 86.7 Å². The zero-order valence-electron chi connectivity index (χ0n) is 27.5. The molecule has 0 aromatic heterocycles. The fourth-order valence-electron chi connectivity index (χ4n) is 5.15. The van der Waals surface area contributed by atoms with E-state index in [9.17, 15) is 39.3 Å². The number of phosphoric ester groups is 1. The number of hydrogen-bond acceptors (Lipinski definition) is 12. The maximum Gasteiger partial charge on any atom is 0.470 e. The maximum atomic E-state index is 12.9. The zero-order chi connectivity index (χ0) is 35.8. The first-order valence-corrected chi connectivity index (χ1v) is 18.0. The number of benzene rings is 2. The second-order valence-corrected chi connectivity index (χ2v) is 12.9. The third-order valence-electron chi connectivity index (χ3n) is 7.83. The molecule has 6 atom stereocenters. The number of aliphatic hydroxyl groups excluding tert-OH is 2. The van der Waals surface area contributed by atoms with Gasteiger partial charge >= 0.3 is 19.8 Å². The van der Waals surface area contributed by atoms with Gasteiger partial charge in [-0.3, -0.25) is 4.52 Å². The van der Waals surface area contributed by atoms with Crippen molar-refractivity contribution in [2.24, 2.45) is 5.73 Å². The lowest BCUT2D eigenvalue weighted by Crippen LogP contribution is -2.62. The van der Waals surface area contributed by atoms with E-state index in [4.69, 9.17) is 29.2 Å². The van der Waals surface area contributed by atoms with Gasteiger partial charge in [0.1, 0.15) is 36.4 Å². The first-order valence-electron chi connectivity index (χ1n) is 16.5. The third-order valence-corrected chi connectivity index (χ3v) is 8.35. The summed E-state index contributed by atoms with van der Waals surface area (Å²) in [5.41, 5.74) is 6.09. The number of phosphoric acid groups is 1. The predicted octanol–water partition coefficient (Wildman–Crippen LogP) is 4.18. The van der Waals surface area contributed by atoms with E-state index in [1.807, 2.05) is 0 Å². The molecule has 0 bridgehead atoms. The number of esters is 2. The van der Waals surface area contributed by atoms with Crippen LogP contribution in [0.25, 0.3) is 0 Å². The number of hydrogen-bond donors (Lipinski definition) is 6. The minimum atomic E-state index is -5.30. The Morgan fingerprint density at radius 1 is 0.959 bits per heavy atom. The van der Waals surface area contributed by atoms with Gasteiger partial charge in [-0.15, -0.1) is 0 Å². The van der Waals surface area contributed by atoms with Gasteiger partial charge in [0.15, 0.2) is 6.10 Å². The highest BCUT2D eigenvalue weighted by atomic mass is 31.2. The number of carbonyl (C=O) groups excluding carboxylic acids is 2. The van der Waals surface area contributed by atoms with Gasteiger partial charge in [-0.05, 0) is 54.8 Å². The van der Waals surface area contributed by atoms with E-state index in [1.165, 1.54) is 80.3 Å². The molecule has 2 aromatic rings. The number of phenolic OH excluding ortho intramolecular Hbond substituents is 1. The van der Waals surface area contributed by atoms with Crippen molar-refractivity contribution in [3.63, 3.8) is 0 Å². The van der Waals surface area contributed by atoms with Crippen molar-refractivity contribution in [2.75, 3.05) is 13.2 Å². The Balaban J connectivity index is 1.76. The van der Waals surface area contributed by atoms with Crippen molar-refractivity contribution in [1.29, 1.82) is 0 Å². The van der Waals surface area contributed by atoms with Crippen molar-refractivity contribution < 1.29 is 62.7 Å². The Bertz CT molecular complexity index is 1370. The van der Waals surface area contributed by atoms with E-state index >= 15 is 0 Å². The standard InChI is InChI=1S/C34H48NO13P/c1-2-3-4-5-6-7-8-9-10-11-12-29(38)47-32-31(48-49(41,42)43)30(39)28(22-44-33(40)24-13-17-25(36)18-14-24)46-34(32)45-26-19-15-23(16-20-26)27(37)21-35/h11-20,27-28,30-32,34,36-37,39H,2-10,21-22,35H2,1H3,(H2,41,42,43)/b12-11+. The van der Waals surface area contributed by atoms with Crippen LogP contribution in [0.2, 0.25) is 0 Å². The largest absolute Gasteiger partial charge is 0.508 e. The first kappa shape index (κ1) is 40.1. The Morgan fingerprint density at radius 3 is 2.20 bits per heavy atom. The molecule has 7 N–H and O–H groups in total. The Hall–Kier alpha value is -3.33. The molecule has 2 aromatic carbocycles. The van der Waals surface area contributed by atoms with Gasteiger partial charge < -0.3 is 49.8 Å². The molecular weight excluding hydrogens is 661 g/mol. The number of carbonyl (C=O) groups is 2. The van der Waals surface area contributed by atoms with Crippen LogP contribution >= 0.6 is 7.82 Å². The number of phenols is 1. The van der Waals surface area contributed by atoms with Crippen LogP contribution in [0, 0.1) is 0 Å². The minimum Gasteiger partial charge on any atom is -0.508 e. The number of rotatable bonds is 20. The van der Waals surface area contributed by atoms with Crippen molar-refractivity contribution in [3.8, 4) is 11.5 Å². The number of allylic oxidation sites excluding steroid dienone is 1.